The predicted octanol–water partition coefficient (Wildman–Crippen LogP) is 4.84. The smallest absolute Gasteiger partial charge is 0.409 e. The maximum atomic E-state index is 15.1. The first kappa shape index (κ1) is 31.1. The molecule has 1 saturated heterocycles. The highest BCUT2D eigenvalue weighted by Crippen LogP contribution is 2.34. The van der Waals surface area contributed by atoms with Gasteiger partial charge in [-0.15, -0.1) is 0 Å². The van der Waals surface area contributed by atoms with E-state index in [-0.39, 0.29) is 41.8 Å². The van der Waals surface area contributed by atoms with Crippen LogP contribution < -0.4 is 16.0 Å². The van der Waals surface area contributed by atoms with Gasteiger partial charge in [0.25, 0.3) is 0 Å². The third kappa shape index (κ3) is 6.58. The van der Waals surface area contributed by atoms with Gasteiger partial charge in [0.05, 0.1) is 60.4 Å². The molecule has 3 N–H and O–H groups in total. The van der Waals surface area contributed by atoms with E-state index in [1.54, 1.807) is 42.7 Å². The molecule has 44 heavy (non-hydrogen) atoms. The average molecular weight is 609 g/mol. The zero-order valence-corrected chi connectivity index (χ0v) is 25.5. The Bertz CT molecular complexity index is 1600. The Hall–Kier alpha value is -4.36. The number of amides is 1. The van der Waals surface area contributed by atoms with Gasteiger partial charge < -0.3 is 30.3 Å². The molecule has 0 unspecified atom stereocenters. The number of piperidine rings is 1. The number of hydrogen-bond donors (Lipinski definition) is 2. The average Bonchev–Trinajstić information content (AvgIpc) is 3.39. The lowest BCUT2D eigenvalue weighted by molar-refractivity contribution is 0.0654. The first-order valence-electron chi connectivity index (χ1n) is 14.5. The predicted molar refractivity (Wildman–Crippen MR) is 164 cm³/mol. The first-order chi connectivity index (χ1) is 21.0. The number of ether oxygens (including phenoxy) is 2. The summed E-state index contributed by atoms with van der Waals surface area (Å²) < 4.78 is 42.1. The number of anilines is 3. The Morgan fingerprint density at radius 2 is 1.93 bits per heavy atom. The van der Waals surface area contributed by atoms with Crippen molar-refractivity contribution < 1.29 is 23.0 Å². The Balaban J connectivity index is 1.39. The topological polar surface area (TPSA) is 123 Å². The van der Waals surface area contributed by atoms with Crippen LogP contribution in [-0.4, -0.2) is 76.5 Å². The van der Waals surface area contributed by atoms with E-state index in [2.05, 4.69) is 32.2 Å². The van der Waals surface area contributed by atoms with E-state index in [4.69, 9.17) is 15.2 Å². The molecule has 1 aromatic carbocycles. The van der Waals surface area contributed by atoms with Crippen LogP contribution in [0, 0.1) is 23.5 Å². The molecule has 234 valence electrons. The largest absolute Gasteiger partial charge is 0.453 e. The maximum Gasteiger partial charge on any atom is 0.409 e. The summed E-state index contributed by atoms with van der Waals surface area (Å²) in [5, 5.41) is 7.84. The lowest BCUT2D eigenvalue weighted by atomic mass is 9.83. The summed E-state index contributed by atoms with van der Waals surface area (Å²) in [5.74, 6) is -0.836. The number of benzene rings is 1. The number of pyridine rings is 1. The normalized spacial score (nSPS) is 18.6. The van der Waals surface area contributed by atoms with Crippen molar-refractivity contribution in [3.8, 4) is 11.3 Å². The molecule has 0 bridgehead atoms. The number of hydrogen-bond acceptors (Lipinski definition) is 9. The van der Waals surface area contributed by atoms with E-state index < -0.39 is 17.7 Å². The Morgan fingerprint density at radius 1 is 1.18 bits per heavy atom. The molecular formula is C31H38F2N8O3. The fourth-order valence-corrected chi connectivity index (χ4v) is 5.63. The monoisotopic (exact) mass is 608 g/mol. The number of imidazole rings is 1. The number of carbonyl (C=O) groups is 1. The van der Waals surface area contributed by atoms with Gasteiger partial charge in [0.15, 0.2) is 0 Å². The molecule has 4 aromatic rings. The van der Waals surface area contributed by atoms with Crippen molar-refractivity contribution in [2.24, 2.45) is 17.6 Å². The minimum atomic E-state index is -0.727. The van der Waals surface area contributed by atoms with E-state index in [1.165, 1.54) is 23.8 Å². The van der Waals surface area contributed by atoms with Gasteiger partial charge in [-0.1, -0.05) is 6.92 Å². The van der Waals surface area contributed by atoms with Gasteiger partial charge in [0, 0.05) is 38.9 Å². The highest BCUT2D eigenvalue weighted by Gasteiger charge is 2.35. The van der Waals surface area contributed by atoms with Crippen molar-refractivity contribution >= 4 is 28.9 Å². The Kier molecular flexibility index (Phi) is 9.25. The van der Waals surface area contributed by atoms with Crippen molar-refractivity contribution in [1.82, 2.24) is 24.5 Å². The number of halogens is 2. The van der Waals surface area contributed by atoms with E-state index in [0.29, 0.717) is 42.4 Å². The number of nitrogens with one attached hydrogen (secondary N) is 1. The Morgan fingerprint density at radius 3 is 2.61 bits per heavy atom. The summed E-state index contributed by atoms with van der Waals surface area (Å²) >= 11 is 0. The highest BCUT2D eigenvalue weighted by atomic mass is 19.1. The van der Waals surface area contributed by atoms with Crippen LogP contribution in [0.5, 0.6) is 0 Å². The van der Waals surface area contributed by atoms with Gasteiger partial charge in [-0.05, 0) is 61.6 Å². The molecule has 1 aliphatic rings. The van der Waals surface area contributed by atoms with Gasteiger partial charge in [-0.25, -0.2) is 18.6 Å². The van der Waals surface area contributed by atoms with E-state index >= 15 is 8.78 Å². The standard InChI is InChI=1S/C31H38F2N8O3/c1-18(2)44-17-20-10-23(32)29(24(33)11-20)26-7-6-21-12-36-30(41(21)38-26)37-27-13-35-9-8-28(27)40-14-19(3)22(25(34)16-40)15-39(4)31(42)43-5/h6-13,18-19,22,25H,14-17,34H2,1-5H3,(H,36,37)/t19-,22-,25+/m0/s1. The van der Waals surface area contributed by atoms with E-state index in [1.807, 2.05) is 19.9 Å². The number of fused-ring (bicyclic) bond motifs is 1. The van der Waals surface area contributed by atoms with Crippen LogP contribution in [0.25, 0.3) is 16.8 Å². The minimum Gasteiger partial charge on any atom is -0.453 e. The molecule has 3 atom stereocenters. The summed E-state index contributed by atoms with van der Waals surface area (Å²) in [6, 6.07) is 7.50. The van der Waals surface area contributed by atoms with Crippen LogP contribution in [-0.2, 0) is 16.1 Å². The number of nitrogens with zero attached hydrogens (tertiary/aromatic N) is 6. The van der Waals surface area contributed by atoms with Crippen molar-refractivity contribution in [2.75, 3.05) is 44.0 Å². The first-order valence-corrected chi connectivity index (χ1v) is 14.5. The van der Waals surface area contributed by atoms with Gasteiger partial charge in [0.2, 0.25) is 5.95 Å². The van der Waals surface area contributed by atoms with Crippen LogP contribution in [0.4, 0.5) is 30.9 Å². The lowest BCUT2D eigenvalue weighted by Gasteiger charge is -2.43. The molecule has 1 aliphatic heterocycles. The zero-order chi connectivity index (χ0) is 31.5. The molecule has 0 saturated carbocycles. The third-order valence-corrected chi connectivity index (χ3v) is 7.90. The molecule has 3 aromatic heterocycles. The fourth-order valence-electron chi connectivity index (χ4n) is 5.63. The summed E-state index contributed by atoms with van der Waals surface area (Å²) in [6.07, 6.45) is 4.55. The van der Waals surface area contributed by atoms with Gasteiger partial charge >= 0.3 is 6.09 Å². The molecule has 4 heterocycles. The van der Waals surface area contributed by atoms with Crippen molar-refractivity contribution in [2.45, 2.75) is 39.5 Å². The molecule has 0 radical (unpaired) electrons. The second kappa shape index (κ2) is 13.1. The third-order valence-electron chi connectivity index (χ3n) is 7.90. The lowest BCUT2D eigenvalue weighted by Crippen LogP contribution is -2.56. The number of methoxy groups -OCH3 is 1. The molecule has 0 spiro atoms. The zero-order valence-electron chi connectivity index (χ0n) is 25.5. The molecule has 1 fully saturated rings. The number of nitrogens with two attached hydrogens (primary N) is 1. The molecule has 0 aliphatic carbocycles. The number of aromatic nitrogens is 4. The molecular weight excluding hydrogens is 570 g/mol. The maximum absolute atomic E-state index is 15.1. The number of rotatable bonds is 9. The summed E-state index contributed by atoms with van der Waals surface area (Å²) in [7, 11) is 3.07. The van der Waals surface area contributed by atoms with Crippen LogP contribution in [0.2, 0.25) is 0 Å². The quantitative estimate of drug-likeness (QED) is 0.275. The molecule has 13 heteroatoms. The van der Waals surface area contributed by atoms with Crippen molar-refractivity contribution in [3.05, 3.63) is 66.1 Å². The fraction of sp³-hybridized carbons (Fsp3) is 0.419. The molecule has 11 nitrogen and oxygen atoms in total. The van der Waals surface area contributed by atoms with Gasteiger partial charge in [-0.2, -0.15) is 9.61 Å². The van der Waals surface area contributed by atoms with Crippen LogP contribution in [0.3, 0.4) is 0 Å². The summed E-state index contributed by atoms with van der Waals surface area (Å²) in [5.41, 5.74) is 9.10. The summed E-state index contributed by atoms with van der Waals surface area (Å²) in [6.45, 7) is 7.69. The van der Waals surface area contributed by atoms with Crippen LogP contribution in [0.1, 0.15) is 26.3 Å². The van der Waals surface area contributed by atoms with Gasteiger partial charge in [-0.3, -0.25) is 4.98 Å². The van der Waals surface area contributed by atoms with Crippen molar-refractivity contribution in [1.29, 1.82) is 0 Å². The molecule has 5 rings (SSSR count). The van der Waals surface area contributed by atoms with E-state index in [0.717, 1.165) is 5.69 Å². The van der Waals surface area contributed by atoms with Crippen LogP contribution in [0.15, 0.2) is 48.9 Å². The van der Waals surface area contributed by atoms with Gasteiger partial charge in [0.1, 0.15) is 11.6 Å². The van der Waals surface area contributed by atoms with Crippen LogP contribution >= 0.6 is 0 Å². The SMILES string of the molecule is COC(=O)N(C)C[C@@H]1[C@H](N)CN(c2ccncc2Nc2ncc3ccc(-c4c(F)cc(COC(C)C)cc4F)nn23)C[C@@H]1C. The highest BCUT2D eigenvalue weighted by molar-refractivity contribution is 5.74. The Labute approximate surface area is 255 Å². The van der Waals surface area contributed by atoms with E-state index in [9.17, 15) is 4.79 Å². The molecule has 1 amide bonds. The summed E-state index contributed by atoms with van der Waals surface area (Å²) in [4.78, 5) is 24.5. The second-order valence-electron chi connectivity index (χ2n) is 11.5. The number of carbonyl (C=O) groups excluding carboxylic acids is 1. The van der Waals surface area contributed by atoms with Crippen molar-refractivity contribution in [3.63, 3.8) is 0 Å². The minimum absolute atomic E-state index is 0.0654. The second-order valence-corrected chi connectivity index (χ2v) is 11.5.